The summed E-state index contributed by atoms with van der Waals surface area (Å²) < 4.78 is 41.9. The van der Waals surface area contributed by atoms with E-state index in [0.29, 0.717) is 61.7 Å². The third-order valence-electron chi connectivity index (χ3n) is 7.33. The number of alkyl carbamates (subject to hydrolysis) is 1. The van der Waals surface area contributed by atoms with Crippen molar-refractivity contribution in [2.24, 2.45) is 0 Å². The van der Waals surface area contributed by atoms with Crippen molar-refractivity contribution < 1.29 is 41.3 Å². The molecule has 50 heavy (non-hydrogen) atoms. The van der Waals surface area contributed by atoms with Gasteiger partial charge in [0.15, 0.2) is 5.75 Å². The molecular formula is C35H41BrN4O9S. The monoisotopic (exact) mass is 772 g/mol. The van der Waals surface area contributed by atoms with Crippen LogP contribution in [0.3, 0.4) is 0 Å². The van der Waals surface area contributed by atoms with Gasteiger partial charge in [0.05, 0.1) is 29.3 Å². The van der Waals surface area contributed by atoms with Gasteiger partial charge < -0.3 is 29.6 Å². The Morgan fingerprint density at radius 2 is 1.54 bits per heavy atom. The van der Waals surface area contributed by atoms with Gasteiger partial charge in [0.1, 0.15) is 11.0 Å². The van der Waals surface area contributed by atoms with Crippen molar-refractivity contribution in [3.05, 3.63) is 64.8 Å². The number of pyridine rings is 1. The molecule has 0 aliphatic carbocycles. The maximum absolute atomic E-state index is 12.9. The summed E-state index contributed by atoms with van der Waals surface area (Å²) >= 11 is 3.44. The molecule has 0 aliphatic rings. The SMILES string of the molecule is C#CCNC(=O)CCCCCNC(=O)OC(CCNC(=O)CCCCC(=O)OC)c1ccc2ccc(OS(=O)(=O)c3ccccc3)c(Br)c2n1. The van der Waals surface area contributed by atoms with Gasteiger partial charge in [-0.3, -0.25) is 14.4 Å². The number of nitrogens with one attached hydrogen (secondary N) is 3. The van der Waals surface area contributed by atoms with E-state index in [1.165, 1.54) is 25.3 Å². The van der Waals surface area contributed by atoms with E-state index in [0.717, 1.165) is 0 Å². The number of unbranched alkanes of at least 4 members (excludes halogenated alkanes) is 3. The Labute approximate surface area is 300 Å². The Kier molecular flexibility index (Phi) is 16.5. The fourth-order valence-electron chi connectivity index (χ4n) is 4.69. The molecule has 268 valence electrons. The number of amides is 3. The molecule has 3 aromatic rings. The highest BCUT2D eigenvalue weighted by atomic mass is 79.9. The number of carbonyl (C=O) groups is 4. The third-order valence-corrected chi connectivity index (χ3v) is 9.34. The number of halogens is 1. The summed E-state index contributed by atoms with van der Waals surface area (Å²) in [6.07, 6.45) is 7.48. The highest BCUT2D eigenvalue weighted by Gasteiger charge is 2.22. The molecule has 0 saturated carbocycles. The molecule has 3 N–H and O–H groups in total. The molecule has 0 spiro atoms. The minimum Gasteiger partial charge on any atom is -0.469 e. The average molecular weight is 774 g/mol. The van der Waals surface area contributed by atoms with E-state index in [2.05, 4.69) is 42.5 Å². The van der Waals surface area contributed by atoms with E-state index in [4.69, 9.17) is 20.3 Å². The summed E-state index contributed by atoms with van der Waals surface area (Å²) in [6.45, 7) is 0.657. The number of methoxy groups -OCH3 is 1. The molecule has 0 fully saturated rings. The second-order valence-corrected chi connectivity index (χ2v) is 13.4. The van der Waals surface area contributed by atoms with Crippen LogP contribution in [-0.2, 0) is 34.0 Å². The number of hydrogen-bond donors (Lipinski definition) is 3. The molecule has 0 bridgehead atoms. The predicted octanol–water partition coefficient (Wildman–Crippen LogP) is 5.08. The quantitative estimate of drug-likeness (QED) is 0.0607. The molecule has 15 heteroatoms. The predicted molar refractivity (Wildman–Crippen MR) is 189 cm³/mol. The van der Waals surface area contributed by atoms with Crippen molar-refractivity contribution in [3.8, 4) is 18.1 Å². The minimum atomic E-state index is -4.13. The van der Waals surface area contributed by atoms with Crippen molar-refractivity contribution in [1.29, 1.82) is 0 Å². The summed E-state index contributed by atoms with van der Waals surface area (Å²) in [5.74, 6) is 1.69. The van der Waals surface area contributed by atoms with Crippen molar-refractivity contribution in [2.75, 3.05) is 26.7 Å². The zero-order valence-electron chi connectivity index (χ0n) is 27.7. The standard InChI is InChI=1S/C35H41BrN4O9S/c1-3-22-37-30(41)14-8-5-11-23-39-35(44)48-28(21-24-38-31(42)15-9-10-16-32(43)47-2)27-19-17-25-18-20-29(33(36)34(25)40-27)49-50(45,46)26-12-6-4-7-13-26/h1,4,6-7,12-13,17-20,28H,5,8-11,14-16,21-24H2,2H3,(H,37,41)(H,38,42)(H,39,44). The minimum absolute atomic E-state index is 0.00995. The van der Waals surface area contributed by atoms with E-state index >= 15 is 0 Å². The second kappa shape index (κ2) is 20.7. The highest BCUT2D eigenvalue weighted by Crippen LogP contribution is 2.35. The zero-order chi connectivity index (χ0) is 36.4. The Morgan fingerprint density at radius 1 is 0.860 bits per heavy atom. The molecule has 1 atom stereocenters. The molecule has 0 aliphatic heterocycles. The van der Waals surface area contributed by atoms with E-state index in [1.54, 1.807) is 36.4 Å². The largest absolute Gasteiger partial charge is 0.469 e. The number of terminal acetylenes is 1. The van der Waals surface area contributed by atoms with Gasteiger partial charge in [-0.25, -0.2) is 9.78 Å². The van der Waals surface area contributed by atoms with Crippen LogP contribution in [0.5, 0.6) is 5.75 Å². The topological polar surface area (TPSA) is 179 Å². The Balaban J connectivity index is 1.69. The van der Waals surface area contributed by atoms with E-state index in [-0.39, 0.29) is 65.3 Å². The molecular weight excluding hydrogens is 732 g/mol. The lowest BCUT2D eigenvalue weighted by Gasteiger charge is -2.19. The van der Waals surface area contributed by atoms with Crippen LogP contribution in [0.25, 0.3) is 10.9 Å². The van der Waals surface area contributed by atoms with E-state index in [9.17, 15) is 27.6 Å². The molecule has 1 aromatic heterocycles. The van der Waals surface area contributed by atoms with Crippen molar-refractivity contribution >= 4 is 60.8 Å². The lowest BCUT2D eigenvalue weighted by Crippen LogP contribution is -2.30. The maximum atomic E-state index is 12.9. The van der Waals surface area contributed by atoms with Crippen molar-refractivity contribution in [1.82, 2.24) is 20.9 Å². The average Bonchev–Trinajstić information content (AvgIpc) is 3.11. The normalized spacial score (nSPS) is 11.5. The number of hydrogen-bond acceptors (Lipinski definition) is 10. The summed E-state index contributed by atoms with van der Waals surface area (Å²) in [5.41, 5.74) is 0.736. The van der Waals surface area contributed by atoms with E-state index in [1.807, 2.05) is 0 Å². The lowest BCUT2D eigenvalue weighted by molar-refractivity contribution is -0.140. The Bertz CT molecular complexity index is 1760. The molecule has 1 unspecified atom stereocenters. The first-order valence-corrected chi connectivity index (χ1v) is 18.3. The van der Waals surface area contributed by atoms with Crippen LogP contribution in [0.1, 0.15) is 69.6 Å². The van der Waals surface area contributed by atoms with Crippen LogP contribution < -0.4 is 20.1 Å². The molecule has 1 heterocycles. The summed E-state index contributed by atoms with van der Waals surface area (Å²) in [5, 5.41) is 8.80. The first-order chi connectivity index (χ1) is 24.0. The van der Waals surface area contributed by atoms with E-state index < -0.39 is 22.3 Å². The highest BCUT2D eigenvalue weighted by molar-refractivity contribution is 9.10. The first kappa shape index (κ1) is 39.8. The molecule has 0 saturated heterocycles. The summed E-state index contributed by atoms with van der Waals surface area (Å²) in [7, 11) is -2.82. The van der Waals surface area contributed by atoms with Gasteiger partial charge in [0.2, 0.25) is 11.8 Å². The fraction of sp³-hybridized carbons (Fsp3) is 0.400. The van der Waals surface area contributed by atoms with Gasteiger partial charge in [-0.2, -0.15) is 8.42 Å². The van der Waals surface area contributed by atoms with Gasteiger partial charge in [0, 0.05) is 44.2 Å². The molecule has 3 amide bonds. The number of rotatable bonds is 20. The van der Waals surface area contributed by atoms with Crippen LogP contribution >= 0.6 is 15.9 Å². The fourth-order valence-corrected chi connectivity index (χ4v) is 6.29. The number of fused-ring (bicyclic) bond motifs is 1. The molecule has 0 radical (unpaired) electrons. The van der Waals surface area contributed by atoms with Crippen LogP contribution in [-0.4, -0.2) is 64.0 Å². The Morgan fingerprint density at radius 3 is 2.26 bits per heavy atom. The van der Waals surface area contributed by atoms with Crippen molar-refractivity contribution in [3.63, 3.8) is 0 Å². The summed E-state index contributed by atoms with van der Waals surface area (Å²) in [4.78, 5) is 53.0. The zero-order valence-corrected chi connectivity index (χ0v) is 30.1. The molecule has 3 rings (SSSR count). The van der Waals surface area contributed by atoms with Crippen LogP contribution in [0.15, 0.2) is 64.0 Å². The van der Waals surface area contributed by atoms with Gasteiger partial charge in [-0.05, 0) is 71.9 Å². The summed E-state index contributed by atoms with van der Waals surface area (Å²) in [6, 6.07) is 14.3. The van der Waals surface area contributed by atoms with Crippen LogP contribution in [0.2, 0.25) is 0 Å². The molecule has 13 nitrogen and oxygen atoms in total. The number of aromatic nitrogens is 1. The number of carbonyl (C=O) groups excluding carboxylic acids is 4. The second-order valence-electron chi connectivity index (χ2n) is 11.1. The number of nitrogens with zero attached hydrogens (tertiary/aromatic N) is 1. The third kappa shape index (κ3) is 13.3. The van der Waals surface area contributed by atoms with Gasteiger partial charge in [-0.1, -0.05) is 36.6 Å². The van der Waals surface area contributed by atoms with Crippen LogP contribution in [0, 0.1) is 12.3 Å². The van der Waals surface area contributed by atoms with Gasteiger partial charge in [0.25, 0.3) is 0 Å². The van der Waals surface area contributed by atoms with Crippen molar-refractivity contribution in [2.45, 2.75) is 68.8 Å². The first-order valence-electron chi connectivity index (χ1n) is 16.1. The van der Waals surface area contributed by atoms with Crippen LogP contribution in [0.4, 0.5) is 4.79 Å². The van der Waals surface area contributed by atoms with Gasteiger partial charge in [-0.15, -0.1) is 6.42 Å². The number of benzene rings is 2. The molecule has 2 aromatic carbocycles. The smallest absolute Gasteiger partial charge is 0.407 e. The number of ether oxygens (including phenoxy) is 2. The van der Waals surface area contributed by atoms with Gasteiger partial charge >= 0.3 is 22.2 Å². The number of esters is 1. The lowest BCUT2D eigenvalue weighted by atomic mass is 10.1. The Hall–Kier alpha value is -4.68. The maximum Gasteiger partial charge on any atom is 0.407 e.